The molecule has 2 aromatic rings. The summed E-state index contributed by atoms with van der Waals surface area (Å²) in [5, 5.41) is 2.55. The lowest BCUT2D eigenvalue weighted by molar-refractivity contribution is -0.153. The second-order valence-electron chi connectivity index (χ2n) is 6.50. The lowest BCUT2D eigenvalue weighted by atomic mass is 10.1. The number of amides is 3. The standard InChI is InChI=1S/C21H18N2O6/c1-12(24)14-6-5-7-15(10-14)22-19(26)13(2)29-18(25)11-23-20(27)16-8-3-4-9-17(16)21(23)28/h3-10,13H,11H2,1-2H3,(H,22,26). The van der Waals surface area contributed by atoms with Crippen LogP contribution in [0.25, 0.3) is 0 Å². The summed E-state index contributed by atoms with van der Waals surface area (Å²) in [4.78, 5) is 61.2. The van der Waals surface area contributed by atoms with Crippen LogP contribution in [0.2, 0.25) is 0 Å². The van der Waals surface area contributed by atoms with Crippen LogP contribution in [-0.2, 0) is 14.3 Å². The summed E-state index contributed by atoms with van der Waals surface area (Å²) >= 11 is 0. The van der Waals surface area contributed by atoms with Gasteiger partial charge in [0.2, 0.25) is 0 Å². The van der Waals surface area contributed by atoms with E-state index in [0.717, 1.165) is 4.90 Å². The number of carbonyl (C=O) groups is 5. The van der Waals surface area contributed by atoms with Crippen molar-refractivity contribution in [2.45, 2.75) is 20.0 Å². The number of benzene rings is 2. The van der Waals surface area contributed by atoms with E-state index in [2.05, 4.69) is 5.32 Å². The largest absolute Gasteiger partial charge is 0.451 e. The molecule has 0 saturated carbocycles. The monoisotopic (exact) mass is 394 g/mol. The zero-order valence-corrected chi connectivity index (χ0v) is 15.8. The zero-order valence-electron chi connectivity index (χ0n) is 15.8. The minimum Gasteiger partial charge on any atom is -0.451 e. The van der Waals surface area contributed by atoms with Crippen LogP contribution in [0.3, 0.4) is 0 Å². The Morgan fingerprint density at radius 3 is 2.21 bits per heavy atom. The number of nitrogens with zero attached hydrogens (tertiary/aromatic N) is 1. The molecule has 1 aliphatic heterocycles. The topological polar surface area (TPSA) is 110 Å². The van der Waals surface area contributed by atoms with E-state index in [0.29, 0.717) is 11.3 Å². The molecule has 0 aliphatic carbocycles. The van der Waals surface area contributed by atoms with Crippen LogP contribution in [-0.4, -0.2) is 47.0 Å². The highest BCUT2D eigenvalue weighted by Crippen LogP contribution is 2.22. The van der Waals surface area contributed by atoms with Crippen molar-refractivity contribution in [3.8, 4) is 0 Å². The van der Waals surface area contributed by atoms with Gasteiger partial charge >= 0.3 is 5.97 Å². The number of ketones is 1. The van der Waals surface area contributed by atoms with Crippen molar-refractivity contribution < 1.29 is 28.7 Å². The van der Waals surface area contributed by atoms with E-state index >= 15 is 0 Å². The average Bonchev–Trinajstić information content (AvgIpc) is 2.93. The molecule has 8 heteroatoms. The zero-order chi connectivity index (χ0) is 21.1. The van der Waals surface area contributed by atoms with Gasteiger partial charge in [-0.15, -0.1) is 0 Å². The molecular weight excluding hydrogens is 376 g/mol. The molecule has 0 spiro atoms. The fourth-order valence-corrected chi connectivity index (χ4v) is 2.86. The predicted octanol–water partition coefficient (Wildman–Crippen LogP) is 2.06. The summed E-state index contributed by atoms with van der Waals surface area (Å²) in [6.07, 6.45) is -1.17. The van der Waals surface area contributed by atoms with Gasteiger partial charge in [-0.1, -0.05) is 24.3 Å². The molecule has 0 aromatic heterocycles. The molecule has 1 unspecified atom stereocenters. The molecule has 0 fully saturated rings. The van der Waals surface area contributed by atoms with Gasteiger partial charge in [0.1, 0.15) is 6.54 Å². The number of Topliss-reactive ketones (excluding diaryl/α,β-unsaturated/α-hetero) is 1. The predicted molar refractivity (Wildman–Crippen MR) is 102 cm³/mol. The molecule has 29 heavy (non-hydrogen) atoms. The van der Waals surface area contributed by atoms with Crippen molar-refractivity contribution in [3.63, 3.8) is 0 Å². The number of hydrogen-bond acceptors (Lipinski definition) is 6. The fourth-order valence-electron chi connectivity index (χ4n) is 2.86. The third-order valence-electron chi connectivity index (χ3n) is 4.38. The summed E-state index contributed by atoms with van der Waals surface area (Å²) in [5.74, 6) is -2.82. The SMILES string of the molecule is CC(=O)c1cccc(NC(=O)C(C)OC(=O)CN2C(=O)c3ccccc3C2=O)c1. The Hall–Kier alpha value is -3.81. The molecule has 8 nitrogen and oxygen atoms in total. The summed E-state index contributed by atoms with van der Waals surface area (Å²) in [6, 6.07) is 12.6. The highest BCUT2D eigenvalue weighted by Gasteiger charge is 2.37. The van der Waals surface area contributed by atoms with Crippen molar-refractivity contribution in [1.82, 2.24) is 4.90 Å². The first-order chi connectivity index (χ1) is 13.8. The minimum absolute atomic E-state index is 0.151. The average molecular weight is 394 g/mol. The highest BCUT2D eigenvalue weighted by atomic mass is 16.5. The fraction of sp³-hybridized carbons (Fsp3) is 0.190. The molecule has 0 saturated heterocycles. The summed E-state index contributed by atoms with van der Waals surface area (Å²) in [7, 11) is 0. The van der Waals surface area contributed by atoms with E-state index < -0.39 is 36.3 Å². The van der Waals surface area contributed by atoms with Crippen molar-refractivity contribution in [1.29, 1.82) is 0 Å². The molecule has 148 valence electrons. The van der Waals surface area contributed by atoms with Crippen LogP contribution < -0.4 is 5.32 Å². The normalized spacial score (nSPS) is 13.7. The smallest absolute Gasteiger partial charge is 0.326 e. The number of fused-ring (bicyclic) bond motifs is 1. The lowest BCUT2D eigenvalue weighted by Crippen LogP contribution is -2.38. The Bertz CT molecular complexity index is 994. The van der Waals surface area contributed by atoms with Crippen LogP contribution in [0.5, 0.6) is 0 Å². The van der Waals surface area contributed by atoms with Crippen LogP contribution in [0.1, 0.15) is 44.9 Å². The highest BCUT2D eigenvalue weighted by molar-refractivity contribution is 6.22. The Morgan fingerprint density at radius 1 is 1.00 bits per heavy atom. The number of anilines is 1. The number of hydrogen-bond donors (Lipinski definition) is 1. The maximum Gasteiger partial charge on any atom is 0.326 e. The van der Waals surface area contributed by atoms with Gasteiger partial charge in [0, 0.05) is 11.3 Å². The van der Waals surface area contributed by atoms with Crippen molar-refractivity contribution in [2.75, 3.05) is 11.9 Å². The van der Waals surface area contributed by atoms with Crippen molar-refractivity contribution in [3.05, 3.63) is 65.2 Å². The van der Waals surface area contributed by atoms with Crippen molar-refractivity contribution in [2.24, 2.45) is 0 Å². The van der Waals surface area contributed by atoms with Crippen LogP contribution in [0, 0.1) is 0 Å². The Kier molecular flexibility index (Phi) is 5.54. The first kappa shape index (κ1) is 19.9. The van der Waals surface area contributed by atoms with Gasteiger partial charge in [-0.3, -0.25) is 28.9 Å². The van der Waals surface area contributed by atoms with Gasteiger partial charge in [-0.25, -0.2) is 0 Å². The first-order valence-electron chi connectivity index (χ1n) is 8.84. The number of rotatable bonds is 6. The third-order valence-corrected chi connectivity index (χ3v) is 4.38. The number of imide groups is 1. The maximum absolute atomic E-state index is 12.3. The summed E-state index contributed by atoms with van der Waals surface area (Å²) in [6.45, 7) is 2.18. The molecule has 1 N–H and O–H groups in total. The van der Waals surface area contributed by atoms with Crippen LogP contribution in [0.15, 0.2) is 48.5 Å². The molecule has 1 heterocycles. The van der Waals surface area contributed by atoms with E-state index in [9.17, 15) is 24.0 Å². The number of esters is 1. The summed E-state index contributed by atoms with van der Waals surface area (Å²) in [5.41, 5.74) is 1.26. The lowest BCUT2D eigenvalue weighted by Gasteiger charge is -2.17. The van der Waals surface area contributed by atoms with Crippen LogP contribution >= 0.6 is 0 Å². The van der Waals surface area contributed by atoms with E-state index in [4.69, 9.17) is 4.74 Å². The van der Waals surface area contributed by atoms with Gasteiger partial charge in [-0.05, 0) is 38.1 Å². The molecule has 0 bridgehead atoms. The Labute approximate surface area is 166 Å². The summed E-state index contributed by atoms with van der Waals surface area (Å²) < 4.78 is 5.06. The van der Waals surface area contributed by atoms with Gasteiger partial charge < -0.3 is 10.1 Å². The maximum atomic E-state index is 12.3. The number of nitrogens with one attached hydrogen (secondary N) is 1. The Balaban J connectivity index is 1.59. The molecule has 3 rings (SSSR count). The Morgan fingerprint density at radius 2 is 1.62 bits per heavy atom. The van der Waals surface area contributed by atoms with E-state index in [-0.39, 0.29) is 16.9 Å². The molecular formula is C21H18N2O6. The molecule has 2 aromatic carbocycles. The van der Waals surface area contributed by atoms with Gasteiger partial charge in [0.05, 0.1) is 11.1 Å². The molecule has 3 amide bonds. The number of carbonyl (C=O) groups excluding carboxylic acids is 5. The quantitative estimate of drug-likeness (QED) is 0.456. The molecule has 0 radical (unpaired) electrons. The van der Waals surface area contributed by atoms with Gasteiger partial charge in [0.25, 0.3) is 17.7 Å². The van der Waals surface area contributed by atoms with Gasteiger partial charge in [-0.2, -0.15) is 0 Å². The first-order valence-corrected chi connectivity index (χ1v) is 8.84. The second-order valence-corrected chi connectivity index (χ2v) is 6.50. The van der Waals surface area contributed by atoms with E-state index in [1.54, 1.807) is 30.3 Å². The number of ether oxygens (including phenoxy) is 1. The van der Waals surface area contributed by atoms with E-state index in [1.165, 1.54) is 32.0 Å². The second kappa shape index (κ2) is 8.05. The molecule has 1 aliphatic rings. The molecule has 1 atom stereocenters. The van der Waals surface area contributed by atoms with E-state index in [1.807, 2.05) is 0 Å². The van der Waals surface area contributed by atoms with Gasteiger partial charge in [0.15, 0.2) is 11.9 Å². The van der Waals surface area contributed by atoms with Crippen LogP contribution in [0.4, 0.5) is 5.69 Å². The third kappa shape index (κ3) is 4.21. The minimum atomic E-state index is -1.17. The van der Waals surface area contributed by atoms with Crippen molar-refractivity contribution >= 4 is 35.2 Å².